The molecule has 2 fully saturated rings. The molecule has 3 heterocycles. The maximum Gasteiger partial charge on any atom is 0.317 e. The first-order valence-corrected chi connectivity index (χ1v) is 13.6. The van der Waals surface area contributed by atoms with Gasteiger partial charge in [0.25, 0.3) is 0 Å². The van der Waals surface area contributed by atoms with Gasteiger partial charge < -0.3 is 15.0 Å². The van der Waals surface area contributed by atoms with Crippen molar-refractivity contribution in [1.82, 2.24) is 19.4 Å². The molecule has 2 aliphatic heterocycles. The summed E-state index contributed by atoms with van der Waals surface area (Å²) in [6, 6.07) is 9.33. The Hall–Kier alpha value is -1.98. The summed E-state index contributed by atoms with van der Waals surface area (Å²) in [4.78, 5) is 18.5. The second kappa shape index (κ2) is 10.5. The average molecular weight is 493 g/mol. The predicted octanol–water partition coefficient (Wildman–Crippen LogP) is 2.45. The van der Waals surface area contributed by atoms with Crippen LogP contribution in [0.2, 0.25) is 0 Å². The Bertz CT molecular complexity index is 1040. The molecule has 8 nitrogen and oxygen atoms in total. The van der Waals surface area contributed by atoms with Crippen LogP contribution < -0.4 is 5.32 Å². The number of thiophene rings is 1. The number of sulfonamides is 1. The monoisotopic (exact) mass is 492 g/mol. The maximum absolute atomic E-state index is 13.0. The molecule has 1 N–H and O–H groups in total. The van der Waals surface area contributed by atoms with Gasteiger partial charge in [-0.1, -0.05) is 12.1 Å². The van der Waals surface area contributed by atoms with Gasteiger partial charge in [0.1, 0.15) is 0 Å². The number of rotatable bonds is 6. The van der Waals surface area contributed by atoms with E-state index in [9.17, 15) is 13.2 Å². The van der Waals surface area contributed by atoms with Crippen LogP contribution in [0.15, 0.2) is 40.6 Å². The van der Waals surface area contributed by atoms with Gasteiger partial charge in [-0.15, -0.1) is 11.3 Å². The average Bonchev–Trinajstić information content (AvgIpc) is 3.36. The molecule has 0 spiro atoms. The summed E-state index contributed by atoms with van der Waals surface area (Å²) >= 11 is 1.69. The van der Waals surface area contributed by atoms with Gasteiger partial charge in [-0.3, -0.25) is 4.90 Å². The number of carbonyl (C=O) groups is 1. The molecule has 4 rings (SSSR count). The zero-order valence-corrected chi connectivity index (χ0v) is 20.8. The highest BCUT2D eigenvalue weighted by Crippen LogP contribution is 2.26. The van der Waals surface area contributed by atoms with Crippen LogP contribution in [0.5, 0.6) is 0 Å². The Labute approximate surface area is 200 Å². The number of nitrogens with zero attached hydrogens (tertiary/aromatic N) is 3. The van der Waals surface area contributed by atoms with Crippen molar-refractivity contribution in [3.05, 3.63) is 51.7 Å². The number of piperazine rings is 1. The molecule has 1 aromatic carbocycles. The van der Waals surface area contributed by atoms with E-state index in [0.29, 0.717) is 50.8 Å². The van der Waals surface area contributed by atoms with Gasteiger partial charge in [-0.2, -0.15) is 4.31 Å². The summed E-state index contributed by atoms with van der Waals surface area (Å²) in [7, 11) is -3.56. The highest BCUT2D eigenvalue weighted by molar-refractivity contribution is 7.89. The van der Waals surface area contributed by atoms with Crippen molar-refractivity contribution >= 4 is 27.4 Å². The van der Waals surface area contributed by atoms with Gasteiger partial charge >= 0.3 is 6.03 Å². The largest absolute Gasteiger partial charge is 0.379 e. The van der Waals surface area contributed by atoms with E-state index in [4.69, 9.17) is 4.74 Å². The zero-order valence-electron chi connectivity index (χ0n) is 19.2. The van der Waals surface area contributed by atoms with Crippen molar-refractivity contribution in [2.24, 2.45) is 0 Å². The summed E-state index contributed by atoms with van der Waals surface area (Å²) in [6.45, 7) is 8.80. The van der Waals surface area contributed by atoms with E-state index in [-0.39, 0.29) is 12.1 Å². The number of urea groups is 1. The molecule has 0 saturated carbocycles. The Balaban J connectivity index is 1.33. The van der Waals surface area contributed by atoms with Crippen molar-refractivity contribution in [2.45, 2.75) is 24.8 Å². The van der Waals surface area contributed by atoms with E-state index in [0.717, 1.165) is 24.2 Å². The lowest BCUT2D eigenvalue weighted by Gasteiger charge is -2.36. The highest BCUT2D eigenvalue weighted by atomic mass is 32.2. The number of nitrogens with one attached hydrogen (secondary N) is 1. The number of benzene rings is 1. The minimum absolute atomic E-state index is 0.115. The fraction of sp³-hybridized carbons (Fsp3) is 0.522. The fourth-order valence-corrected chi connectivity index (χ4v) is 6.60. The number of ether oxygens (including phenoxy) is 1. The molecule has 0 unspecified atom stereocenters. The molecule has 180 valence electrons. The Morgan fingerprint density at radius 1 is 1.06 bits per heavy atom. The first-order chi connectivity index (χ1) is 15.9. The molecule has 2 aromatic rings. The summed E-state index contributed by atoms with van der Waals surface area (Å²) in [5, 5.41) is 5.14. The lowest BCUT2D eigenvalue weighted by molar-refractivity contribution is 0.0171. The van der Waals surface area contributed by atoms with Crippen LogP contribution in [-0.4, -0.2) is 87.6 Å². The van der Waals surface area contributed by atoms with E-state index < -0.39 is 10.0 Å². The molecule has 2 saturated heterocycles. The summed E-state index contributed by atoms with van der Waals surface area (Å²) in [6.07, 6.45) is 0. The molecule has 1 aromatic heterocycles. The topological polar surface area (TPSA) is 82.2 Å². The Morgan fingerprint density at radius 3 is 2.42 bits per heavy atom. The Kier molecular flexibility index (Phi) is 7.70. The first kappa shape index (κ1) is 24.2. The van der Waals surface area contributed by atoms with Crippen LogP contribution >= 0.6 is 11.3 Å². The second-order valence-electron chi connectivity index (χ2n) is 8.50. The normalized spacial score (nSPS) is 19.4. The summed E-state index contributed by atoms with van der Waals surface area (Å²) < 4.78 is 33.0. The number of hydrogen-bond acceptors (Lipinski definition) is 6. The van der Waals surface area contributed by atoms with Gasteiger partial charge in [0.15, 0.2) is 0 Å². The third-order valence-electron chi connectivity index (χ3n) is 6.45. The quantitative estimate of drug-likeness (QED) is 0.670. The van der Waals surface area contributed by atoms with Gasteiger partial charge in [-0.25, -0.2) is 13.2 Å². The van der Waals surface area contributed by atoms with Gasteiger partial charge in [-0.05, 0) is 48.6 Å². The smallest absolute Gasteiger partial charge is 0.317 e. The van der Waals surface area contributed by atoms with E-state index in [1.54, 1.807) is 28.4 Å². The predicted molar refractivity (Wildman–Crippen MR) is 129 cm³/mol. The van der Waals surface area contributed by atoms with Gasteiger partial charge in [0.05, 0.1) is 24.2 Å². The van der Waals surface area contributed by atoms with Crippen molar-refractivity contribution < 1.29 is 17.9 Å². The molecule has 0 aliphatic carbocycles. The standard InChI is InChI=1S/C23H32N4O4S2/c1-18-5-6-20(16-19(18)2)33(29,30)27-9-7-26(8-10-27)23(28)24-17-21(22-4-3-15-32-22)25-11-13-31-14-12-25/h3-6,15-16,21H,7-14,17H2,1-2H3,(H,24,28)/t21-/m0/s1. The minimum atomic E-state index is -3.56. The number of hydrogen-bond donors (Lipinski definition) is 1. The van der Waals surface area contributed by atoms with Crippen LogP contribution in [-0.2, 0) is 14.8 Å². The molecule has 33 heavy (non-hydrogen) atoms. The molecule has 1 atom stereocenters. The van der Waals surface area contributed by atoms with Crippen LogP contribution in [0, 0.1) is 13.8 Å². The van der Waals surface area contributed by atoms with Crippen LogP contribution in [0.3, 0.4) is 0 Å². The van der Waals surface area contributed by atoms with Crippen LogP contribution in [0.25, 0.3) is 0 Å². The van der Waals surface area contributed by atoms with Crippen molar-refractivity contribution in [3.63, 3.8) is 0 Å². The van der Waals surface area contributed by atoms with E-state index in [1.165, 1.54) is 9.18 Å². The summed E-state index contributed by atoms with van der Waals surface area (Å²) in [5.41, 5.74) is 2.02. The molecule has 10 heteroatoms. The molecule has 2 amide bonds. The zero-order chi connectivity index (χ0) is 23.4. The molecular formula is C23H32N4O4S2. The third-order valence-corrected chi connectivity index (χ3v) is 9.31. The molecular weight excluding hydrogens is 460 g/mol. The Morgan fingerprint density at radius 2 is 1.79 bits per heavy atom. The van der Waals surface area contributed by atoms with Crippen LogP contribution in [0.4, 0.5) is 4.79 Å². The van der Waals surface area contributed by atoms with Crippen molar-refractivity contribution in [3.8, 4) is 0 Å². The van der Waals surface area contributed by atoms with Gasteiger partial charge in [0.2, 0.25) is 10.0 Å². The molecule has 2 aliphatic rings. The van der Waals surface area contributed by atoms with Gasteiger partial charge in [0, 0.05) is 50.7 Å². The lowest BCUT2D eigenvalue weighted by atomic mass is 10.1. The third kappa shape index (κ3) is 5.58. The van der Waals surface area contributed by atoms with Crippen molar-refractivity contribution in [1.29, 1.82) is 0 Å². The van der Waals surface area contributed by atoms with E-state index in [1.807, 2.05) is 26.0 Å². The van der Waals surface area contributed by atoms with E-state index in [2.05, 4.69) is 21.7 Å². The van der Waals surface area contributed by atoms with Crippen LogP contribution in [0.1, 0.15) is 22.0 Å². The maximum atomic E-state index is 13.0. The minimum Gasteiger partial charge on any atom is -0.379 e. The molecule has 0 radical (unpaired) electrons. The molecule has 0 bridgehead atoms. The SMILES string of the molecule is Cc1ccc(S(=O)(=O)N2CCN(C(=O)NC[C@@H](c3cccs3)N3CCOCC3)CC2)cc1C. The highest BCUT2D eigenvalue weighted by Gasteiger charge is 2.31. The number of morpholine rings is 1. The number of amides is 2. The summed E-state index contributed by atoms with van der Waals surface area (Å²) in [5.74, 6) is 0. The van der Waals surface area contributed by atoms with Crippen molar-refractivity contribution in [2.75, 3.05) is 59.0 Å². The number of carbonyl (C=O) groups excluding carboxylic acids is 1. The first-order valence-electron chi connectivity index (χ1n) is 11.3. The second-order valence-corrected chi connectivity index (χ2v) is 11.4. The number of aryl methyl sites for hydroxylation is 2. The fourth-order valence-electron chi connectivity index (χ4n) is 4.23. The van der Waals surface area contributed by atoms with E-state index >= 15 is 0 Å². The lowest BCUT2D eigenvalue weighted by Crippen LogP contribution is -2.54.